The van der Waals surface area contributed by atoms with E-state index in [-0.39, 0.29) is 17.5 Å². The third kappa shape index (κ3) is 2.72. The van der Waals surface area contributed by atoms with E-state index in [9.17, 15) is 4.39 Å². The molecule has 1 aliphatic rings. The number of piperazine rings is 1. The van der Waals surface area contributed by atoms with Gasteiger partial charge in [0.15, 0.2) is 0 Å². The molecule has 0 aliphatic carbocycles. The lowest BCUT2D eigenvalue weighted by molar-refractivity contribution is 0.269. The SMILES string of the molecule is CN1CCN(c2cccc(F)c2N)C(c2ccccc2)C1. The van der Waals surface area contributed by atoms with E-state index in [4.69, 9.17) is 5.73 Å². The molecule has 0 radical (unpaired) electrons. The fourth-order valence-electron chi connectivity index (χ4n) is 2.94. The molecule has 0 aromatic heterocycles. The summed E-state index contributed by atoms with van der Waals surface area (Å²) in [6, 6.07) is 15.5. The molecule has 21 heavy (non-hydrogen) atoms. The average Bonchev–Trinajstić information content (AvgIpc) is 2.51. The van der Waals surface area contributed by atoms with Gasteiger partial charge in [0.2, 0.25) is 0 Å². The van der Waals surface area contributed by atoms with Gasteiger partial charge in [-0.2, -0.15) is 0 Å². The van der Waals surface area contributed by atoms with Crippen molar-refractivity contribution in [1.82, 2.24) is 4.90 Å². The molecule has 0 bridgehead atoms. The number of benzene rings is 2. The summed E-state index contributed by atoms with van der Waals surface area (Å²) in [6.07, 6.45) is 0. The van der Waals surface area contributed by atoms with E-state index in [0.29, 0.717) is 0 Å². The smallest absolute Gasteiger partial charge is 0.148 e. The van der Waals surface area contributed by atoms with Crippen molar-refractivity contribution in [2.24, 2.45) is 0 Å². The van der Waals surface area contributed by atoms with Crippen LogP contribution in [0.3, 0.4) is 0 Å². The Balaban J connectivity index is 2.00. The molecular formula is C17H20FN3. The number of anilines is 2. The van der Waals surface area contributed by atoms with Crippen LogP contribution < -0.4 is 10.6 Å². The number of hydrogen-bond acceptors (Lipinski definition) is 3. The third-order valence-corrected chi connectivity index (χ3v) is 4.11. The monoisotopic (exact) mass is 285 g/mol. The number of hydrogen-bond donors (Lipinski definition) is 1. The Morgan fingerprint density at radius 3 is 2.57 bits per heavy atom. The van der Waals surface area contributed by atoms with Gasteiger partial charge in [0, 0.05) is 19.6 Å². The summed E-state index contributed by atoms with van der Waals surface area (Å²) in [5.74, 6) is -0.349. The van der Waals surface area contributed by atoms with Gasteiger partial charge in [-0.3, -0.25) is 0 Å². The molecule has 1 atom stereocenters. The molecule has 2 aromatic rings. The van der Waals surface area contributed by atoms with Crippen molar-refractivity contribution in [3.8, 4) is 0 Å². The Labute approximate surface area is 124 Å². The number of halogens is 1. The zero-order valence-electron chi connectivity index (χ0n) is 12.2. The summed E-state index contributed by atoms with van der Waals surface area (Å²) in [7, 11) is 2.11. The molecule has 3 nitrogen and oxygen atoms in total. The molecule has 0 saturated carbocycles. The number of nitrogens with zero attached hydrogens (tertiary/aromatic N) is 2. The third-order valence-electron chi connectivity index (χ3n) is 4.11. The Hall–Kier alpha value is -2.07. The average molecular weight is 285 g/mol. The number of nitrogen functional groups attached to an aromatic ring is 1. The van der Waals surface area contributed by atoms with Crippen LogP contribution in [0.4, 0.5) is 15.8 Å². The normalized spacial score (nSPS) is 19.7. The van der Waals surface area contributed by atoms with Gasteiger partial charge in [0.25, 0.3) is 0 Å². The molecule has 1 heterocycles. The van der Waals surface area contributed by atoms with Gasteiger partial charge in [0.1, 0.15) is 5.82 Å². The Kier molecular flexibility index (Phi) is 3.80. The topological polar surface area (TPSA) is 32.5 Å². The van der Waals surface area contributed by atoms with Crippen LogP contribution in [0.1, 0.15) is 11.6 Å². The summed E-state index contributed by atoms with van der Waals surface area (Å²) in [6.45, 7) is 2.68. The van der Waals surface area contributed by atoms with E-state index in [1.165, 1.54) is 11.6 Å². The van der Waals surface area contributed by atoms with Gasteiger partial charge in [-0.15, -0.1) is 0 Å². The Morgan fingerprint density at radius 2 is 1.81 bits per heavy atom. The lowest BCUT2D eigenvalue weighted by Gasteiger charge is -2.42. The second kappa shape index (κ2) is 5.74. The molecular weight excluding hydrogens is 265 g/mol. The minimum Gasteiger partial charge on any atom is -0.395 e. The van der Waals surface area contributed by atoms with Crippen LogP contribution in [0.2, 0.25) is 0 Å². The zero-order valence-corrected chi connectivity index (χ0v) is 12.2. The predicted octanol–water partition coefficient (Wildman–Crippen LogP) is 2.90. The van der Waals surface area contributed by atoms with Crippen molar-refractivity contribution in [3.63, 3.8) is 0 Å². The van der Waals surface area contributed by atoms with Gasteiger partial charge >= 0.3 is 0 Å². The molecule has 2 N–H and O–H groups in total. The quantitative estimate of drug-likeness (QED) is 0.861. The second-order valence-corrected chi connectivity index (χ2v) is 5.55. The van der Waals surface area contributed by atoms with Crippen molar-refractivity contribution in [2.75, 3.05) is 37.3 Å². The van der Waals surface area contributed by atoms with Crippen LogP contribution in [0.25, 0.3) is 0 Å². The number of para-hydroxylation sites is 1. The van der Waals surface area contributed by atoms with Crippen LogP contribution in [-0.4, -0.2) is 31.6 Å². The van der Waals surface area contributed by atoms with Crippen LogP contribution >= 0.6 is 0 Å². The summed E-state index contributed by atoms with van der Waals surface area (Å²) >= 11 is 0. The predicted molar refractivity (Wildman–Crippen MR) is 84.8 cm³/mol. The van der Waals surface area contributed by atoms with Crippen LogP contribution in [-0.2, 0) is 0 Å². The maximum atomic E-state index is 13.8. The molecule has 0 amide bonds. The largest absolute Gasteiger partial charge is 0.395 e. The van der Waals surface area contributed by atoms with Gasteiger partial charge < -0.3 is 15.5 Å². The summed E-state index contributed by atoms with van der Waals surface area (Å²) in [5.41, 5.74) is 8.22. The number of likely N-dealkylation sites (N-methyl/N-ethyl adjacent to an activating group) is 1. The number of rotatable bonds is 2. The molecule has 110 valence electrons. The highest BCUT2D eigenvalue weighted by molar-refractivity contribution is 5.69. The molecule has 0 spiro atoms. The molecule has 1 fully saturated rings. The second-order valence-electron chi connectivity index (χ2n) is 5.55. The van der Waals surface area contributed by atoms with E-state index < -0.39 is 0 Å². The van der Waals surface area contributed by atoms with Gasteiger partial charge in [-0.25, -0.2) is 4.39 Å². The number of nitrogens with two attached hydrogens (primary N) is 1. The maximum absolute atomic E-state index is 13.8. The Bertz CT molecular complexity index is 615. The van der Waals surface area contributed by atoms with Crippen LogP contribution in [0, 0.1) is 5.82 Å². The lowest BCUT2D eigenvalue weighted by Crippen LogP contribution is -2.47. The molecule has 1 saturated heterocycles. The van der Waals surface area contributed by atoms with Gasteiger partial charge in [-0.05, 0) is 24.7 Å². The minimum atomic E-state index is -0.349. The van der Waals surface area contributed by atoms with Gasteiger partial charge in [-0.1, -0.05) is 36.4 Å². The van der Waals surface area contributed by atoms with E-state index >= 15 is 0 Å². The molecule has 1 aliphatic heterocycles. The van der Waals surface area contributed by atoms with Crippen LogP contribution in [0.15, 0.2) is 48.5 Å². The Morgan fingerprint density at radius 1 is 1.05 bits per heavy atom. The van der Waals surface area contributed by atoms with Crippen molar-refractivity contribution >= 4 is 11.4 Å². The first-order valence-corrected chi connectivity index (χ1v) is 7.21. The minimum absolute atomic E-state index is 0.189. The van der Waals surface area contributed by atoms with Gasteiger partial charge in [0.05, 0.1) is 17.4 Å². The maximum Gasteiger partial charge on any atom is 0.148 e. The highest BCUT2D eigenvalue weighted by Gasteiger charge is 2.28. The first-order valence-electron chi connectivity index (χ1n) is 7.21. The van der Waals surface area contributed by atoms with Crippen molar-refractivity contribution < 1.29 is 4.39 Å². The standard InChI is InChI=1S/C17H20FN3/c1-20-10-11-21(15-9-5-8-14(18)17(15)19)16(12-20)13-6-3-2-4-7-13/h2-9,16H,10-12,19H2,1H3. The molecule has 2 aromatic carbocycles. The molecule has 1 unspecified atom stereocenters. The summed E-state index contributed by atoms with van der Waals surface area (Å²) in [4.78, 5) is 4.51. The fraction of sp³-hybridized carbons (Fsp3) is 0.294. The van der Waals surface area contributed by atoms with Crippen LogP contribution in [0.5, 0.6) is 0 Å². The van der Waals surface area contributed by atoms with Crippen molar-refractivity contribution in [3.05, 3.63) is 59.9 Å². The highest BCUT2D eigenvalue weighted by atomic mass is 19.1. The first-order chi connectivity index (χ1) is 10.2. The van der Waals surface area contributed by atoms with Crippen molar-refractivity contribution in [2.45, 2.75) is 6.04 Å². The van der Waals surface area contributed by atoms with E-state index in [2.05, 4.69) is 29.0 Å². The summed E-state index contributed by atoms with van der Waals surface area (Å²) in [5, 5.41) is 0. The van der Waals surface area contributed by atoms with E-state index in [1.807, 2.05) is 24.3 Å². The van der Waals surface area contributed by atoms with Crippen molar-refractivity contribution in [1.29, 1.82) is 0 Å². The van der Waals surface area contributed by atoms with E-state index in [0.717, 1.165) is 25.3 Å². The first kappa shape index (κ1) is 13.9. The lowest BCUT2D eigenvalue weighted by atomic mass is 10.0. The summed E-state index contributed by atoms with van der Waals surface area (Å²) < 4.78 is 13.8. The molecule has 3 rings (SSSR count). The fourth-order valence-corrected chi connectivity index (χ4v) is 2.94. The van der Waals surface area contributed by atoms with E-state index in [1.54, 1.807) is 6.07 Å². The molecule has 4 heteroatoms. The zero-order chi connectivity index (χ0) is 14.8. The highest BCUT2D eigenvalue weighted by Crippen LogP contribution is 2.34.